The topological polar surface area (TPSA) is 80.1 Å². The third-order valence-corrected chi connectivity index (χ3v) is 3.45. The summed E-state index contributed by atoms with van der Waals surface area (Å²) in [6.45, 7) is 1.39. The number of ether oxygens (including phenoxy) is 1. The van der Waals surface area contributed by atoms with E-state index in [0.29, 0.717) is 17.9 Å². The number of nitrogens with two attached hydrogens (primary N) is 1. The van der Waals surface area contributed by atoms with Crippen LogP contribution >= 0.6 is 0 Å². The SMILES string of the molecule is Nc1ccc2c(C(=O)NC3CCCOC3)c[nH]c2c1. The van der Waals surface area contributed by atoms with Gasteiger partial charge in [-0.3, -0.25) is 4.79 Å². The molecule has 0 bridgehead atoms. The number of aromatic amines is 1. The van der Waals surface area contributed by atoms with Gasteiger partial charge in [-0.15, -0.1) is 0 Å². The van der Waals surface area contributed by atoms with Crippen molar-refractivity contribution < 1.29 is 9.53 Å². The number of aromatic nitrogens is 1. The van der Waals surface area contributed by atoms with Crippen LogP contribution in [-0.4, -0.2) is 30.1 Å². The van der Waals surface area contributed by atoms with E-state index in [2.05, 4.69) is 10.3 Å². The van der Waals surface area contributed by atoms with Gasteiger partial charge in [0.25, 0.3) is 5.91 Å². The Kier molecular flexibility index (Phi) is 3.13. The van der Waals surface area contributed by atoms with E-state index in [4.69, 9.17) is 10.5 Å². The molecule has 1 fully saturated rings. The van der Waals surface area contributed by atoms with Gasteiger partial charge in [-0.05, 0) is 31.0 Å². The van der Waals surface area contributed by atoms with Crippen LogP contribution in [0, 0.1) is 0 Å². The fraction of sp³-hybridized carbons (Fsp3) is 0.357. The van der Waals surface area contributed by atoms with Gasteiger partial charge in [0.2, 0.25) is 0 Å². The Morgan fingerprint density at radius 2 is 2.37 bits per heavy atom. The number of rotatable bonds is 2. The predicted molar refractivity (Wildman–Crippen MR) is 74.0 cm³/mol. The first-order chi connectivity index (χ1) is 9.24. The largest absolute Gasteiger partial charge is 0.399 e. The summed E-state index contributed by atoms with van der Waals surface area (Å²) >= 11 is 0. The van der Waals surface area contributed by atoms with Crippen molar-refractivity contribution in [2.45, 2.75) is 18.9 Å². The Hall–Kier alpha value is -2.01. The third-order valence-electron chi connectivity index (χ3n) is 3.45. The molecule has 1 aromatic carbocycles. The molecule has 5 nitrogen and oxygen atoms in total. The van der Waals surface area contributed by atoms with Gasteiger partial charge in [-0.25, -0.2) is 0 Å². The number of amides is 1. The lowest BCUT2D eigenvalue weighted by molar-refractivity contribution is 0.0625. The van der Waals surface area contributed by atoms with Crippen molar-refractivity contribution in [3.8, 4) is 0 Å². The van der Waals surface area contributed by atoms with Crippen LogP contribution in [0.25, 0.3) is 10.9 Å². The summed E-state index contributed by atoms with van der Waals surface area (Å²) in [7, 11) is 0. The number of carbonyl (C=O) groups is 1. The Morgan fingerprint density at radius 3 is 3.16 bits per heavy atom. The maximum Gasteiger partial charge on any atom is 0.253 e. The Bertz CT molecular complexity index is 600. The molecule has 0 radical (unpaired) electrons. The highest BCUT2D eigenvalue weighted by atomic mass is 16.5. The van der Waals surface area contributed by atoms with E-state index in [1.54, 1.807) is 12.3 Å². The molecule has 0 spiro atoms. The summed E-state index contributed by atoms with van der Waals surface area (Å²) in [5.74, 6) is -0.0634. The molecule has 19 heavy (non-hydrogen) atoms. The maximum absolute atomic E-state index is 12.3. The van der Waals surface area contributed by atoms with Crippen molar-refractivity contribution in [3.05, 3.63) is 30.0 Å². The number of H-pyrrole nitrogens is 1. The summed E-state index contributed by atoms with van der Waals surface area (Å²) in [5, 5.41) is 3.90. The molecule has 1 saturated heterocycles. The minimum atomic E-state index is -0.0634. The molecule has 1 aromatic heterocycles. The number of hydrogen-bond donors (Lipinski definition) is 3. The van der Waals surface area contributed by atoms with Crippen LogP contribution in [0.1, 0.15) is 23.2 Å². The van der Waals surface area contributed by atoms with Gasteiger partial charge in [-0.1, -0.05) is 0 Å². The molecule has 1 atom stereocenters. The minimum Gasteiger partial charge on any atom is -0.399 e. The average Bonchev–Trinajstić information content (AvgIpc) is 2.82. The van der Waals surface area contributed by atoms with Crippen LogP contribution in [0.15, 0.2) is 24.4 Å². The number of nitrogens with one attached hydrogen (secondary N) is 2. The van der Waals surface area contributed by atoms with Crippen LogP contribution in [0.4, 0.5) is 5.69 Å². The van der Waals surface area contributed by atoms with Crippen LogP contribution < -0.4 is 11.1 Å². The summed E-state index contributed by atoms with van der Waals surface area (Å²) in [6, 6.07) is 5.61. The van der Waals surface area contributed by atoms with E-state index in [0.717, 1.165) is 30.4 Å². The van der Waals surface area contributed by atoms with E-state index >= 15 is 0 Å². The van der Waals surface area contributed by atoms with Crippen molar-refractivity contribution in [2.24, 2.45) is 0 Å². The molecule has 2 heterocycles. The summed E-state index contributed by atoms with van der Waals surface area (Å²) < 4.78 is 5.36. The first-order valence-electron chi connectivity index (χ1n) is 6.49. The highest BCUT2D eigenvalue weighted by Crippen LogP contribution is 2.21. The molecule has 1 amide bonds. The van der Waals surface area contributed by atoms with Crippen molar-refractivity contribution in [3.63, 3.8) is 0 Å². The van der Waals surface area contributed by atoms with E-state index in [9.17, 15) is 4.79 Å². The summed E-state index contributed by atoms with van der Waals surface area (Å²) in [5.41, 5.74) is 7.94. The highest BCUT2D eigenvalue weighted by molar-refractivity contribution is 6.07. The molecule has 1 aliphatic rings. The van der Waals surface area contributed by atoms with Gasteiger partial charge in [0.1, 0.15) is 0 Å². The second kappa shape index (κ2) is 4.93. The zero-order chi connectivity index (χ0) is 13.2. The van der Waals surface area contributed by atoms with Gasteiger partial charge >= 0.3 is 0 Å². The Morgan fingerprint density at radius 1 is 1.47 bits per heavy atom. The minimum absolute atomic E-state index is 0.0634. The molecule has 5 heteroatoms. The van der Waals surface area contributed by atoms with Crippen LogP contribution in [-0.2, 0) is 4.74 Å². The van der Waals surface area contributed by atoms with Gasteiger partial charge in [-0.2, -0.15) is 0 Å². The standard InChI is InChI=1S/C14H17N3O2/c15-9-3-4-11-12(7-16-13(11)6-9)14(18)17-10-2-1-5-19-8-10/h3-4,6-7,10,16H,1-2,5,8,15H2,(H,17,18). The van der Waals surface area contributed by atoms with Crippen LogP contribution in [0.5, 0.6) is 0 Å². The van der Waals surface area contributed by atoms with Gasteiger partial charge < -0.3 is 20.8 Å². The number of nitrogen functional groups attached to an aromatic ring is 1. The molecule has 2 aromatic rings. The molecular formula is C14H17N3O2. The fourth-order valence-corrected chi connectivity index (χ4v) is 2.45. The molecular weight excluding hydrogens is 242 g/mol. The number of benzene rings is 1. The van der Waals surface area contributed by atoms with Crippen molar-refractivity contribution in [2.75, 3.05) is 18.9 Å². The van der Waals surface area contributed by atoms with Gasteiger partial charge in [0.15, 0.2) is 0 Å². The van der Waals surface area contributed by atoms with Crippen molar-refractivity contribution >= 4 is 22.5 Å². The Labute approximate surface area is 111 Å². The first-order valence-corrected chi connectivity index (χ1v) is 6.49. The molecule has 4 N–H and O–H groups in total. The van der Waals surface area contributed by atoms with Crippen molar-refractivity contribution in [1.82, 2.24) is 10.3 Å². The first kappa shape index (κ1) is 12.0. The van der Waals surface area contributed by atoms with E-state index in [1.165, 1.54) is 0 Å². The third kappa shape index (κ3) is 2.42. The second-order valence-electron chi connectivity index (χ2n) is 4.89. The monoisotopic (exact) mass is 259 g/mol. The molecule has 1 unspecified atom stereocenters. The lowest BCUT2D eigenvalue weighted by Gasteiger charge is -2.22. The number of hydrogen-bond acceptors (Lipinski definition) is 3. The highest BCUT2D eigenvalue weighted by Gasteiger charge is 2.19. The zero-order valence-electron chi connectivity index (χ0n) is 10.6. The normalized spacial score (nSPS) is 19.5. The molecule has 3 rings (SSSR count). The molecule has 0 saturated carbocycles. The predicted octanol–water partition coefficient (Wildman–Crippen LogP) is 1.66. The molecule has 1 aliphatic heterocycles. The lowest BCUT2D eigenvalue weighted by atomic mass is 10.1. The quantitative estimate of drug-likeness (QED) is 0.717. The van der Waals surface area contributed by atoms with Crippen molar-refractivity contribution in [1.29, 1.82) is 0 Å². The van der Waals surface area contributed by atoms with E-state index in [-0.39, 0.29) is 11.9 Å². The van der Waals surface area contributed by atoms with Gasteiger partial charge in [0.05, 0.1) is 18.2 Å². The van der Waals surface area contributed by atoms with Crippen LogP contribution in [0.2, 0.25) is 0 Å². The Balaban J connectivity index is 1.81. The van der Waals surface area contributed by atoms with Crippen LogP contribution in [0.3, 0.4) is 0 Å². The zero-order valence-corrected chi connectivity index (χ0v) is 10.6. The number of carbonyl (C=O) groups excluding carboxylic acids is 1. The van der Waals surface area contributed by atoms with E-state index < -0.39 is 0 Å². The van der Waals surface area contributed by atoms with Gasteiger partial charge in [0, 0.05) is 29.4 Å². The lowest BCUT2D eigenvalue weighted by Crippen LogP contribution is -2.40. The number of anilines is 1. The number of fused-ring (bicyclic) bond motifs is 1. The molecule has 0 aliphatic carbocycles. The summed E-state index contributed by atoms with van der Waals surface area (Å²) in [4.78, 5) is 15.3. The fourth-order valence-electron chi connectivity index (χ4n) is 2.45. The molecule has 100 valence electrons. The summed E-state index contributed by atoms with van der Waals surface area (Å²) in [6.07, 6.45) is 3.69. The maximum atomic E-state index is 12.3. The van der Waals surface area contributed by atoms with E-state index in [1.807, 2.05) is 12.1 Å². The average molecular weight is 259 g/mol. The second-order valence-corrected chi connectivity index (χ2v) is 4.89. The smallest absolute Gasteiger partial charge is 0.253 e.